The van der Waals surface area contributed by atoms with Gasteiger partial charge in [-0.25, -0.2) is 4.79 Å². The fourth-order valence-corrected chi connectivity index (χ4v) is 1.67. The first-order chi connectivity index (χ1) is 9.22. The Morgan fingerprint density at radius 2 is 2.05 bits per heavy atom. The first-order valence-electron chi connectivity index (χ1n) is 5.72. The number of methoxy groups -OCH3 is 1. The van der Waals surface area contributed by atoms with Gasteiger partial charge in [0.25, 0.3) is 0 Å². The van der Waals surface area contributed by atoms with Gasteiger partial charge < -0.3 is 9.84 Å². The van der Waals surface area contributed by atoms with Crippen molar-refractivity contribution >= 4 is 18.1 Å². The molecule has 0 fully saturated rings. The summed E-state index contributed by atoms with van der Waals surface area (Å²) in [5, 5.41) is 9.74. The third-order valence-corrected chi connectivity index (χ3v) is 2.59. The molecule has 2 aromatic rings. The fraction of sp³-hybridized carbons (Fsp3) is 0.0667. The molecule has 0 atom stereocenters. The zero-order valence-corrected chi connectivity index (χ0v) is 10.4. The lowest BCUT2D eigenvalue weighted by atomic mass is 10.1. The molecule has 0 saturated carbocycles. The molecule has 0 bridgehead atoms. The Bertz CT molecular complexity index is 606. The number of carbonyl (C=O) groups is 1. The molecule has 1 aromatic carbocycles. The van der Waals surface area contributed by atoms with Crippen LogP contribution in [0.3, 0.4) is 0 Å². The first-order valence-corrected chi connectivity index (χ1v) is 5.72. The van der Waals surface area contributed by atoms with E-state index in [4.69, 9.17) is 0 Å². The molecule has 0 unspecified atom stereocenters. The van der Waals surface area contributed by atoms with Gasteiger partial charge >= 0.3 is 5.97 Å². The van der Waals surface area contributed by atoms with Crippen LogP contribution < -0.4 is 0 Å². The summed E-state index contributed by atoms with van der Waals surface area (Å²) in [6.45, 7) is 0. The van der Waals surface area contributed by atoms with Crippen molar-refractivity contribution in [2.24, 2.45) is 0 Å². The average molecular weight is 255 g/mol. The number of aromatic hydroxyl groups is 1. The van der Waals surface area contributed by atoms with Crippen LogP contribution in [0.15, 0.2) is 42.6 Å². The highest BCUT2D eigenvalue weighted by molar-refractivity contribution is 5.97. The Labute approximate surface area is 111 Å². The maximum atomic E-state index is 11.6. The lowest BCUT2D eigenvalue weighted by Gasteiger charge is -2.06. The van der Waals surface area contributed by atoms with E-state index in [1.54, 1.807) is 30.5 Å². The fourth-order valence-electron chi connectivity index (χ4n) is 1.67. The molecule has 1 N–H and O–H groups in total. The molecule has 96 valence electrons. The Morgan fingerprint density at radius 3 is 2.74 bits per heavy atom. The van der Waals surface area contributed by atoms with E-state index in [0.717, 1.165) is 5.69 Å². The van der Waals surface area contributed by atoms with Crippen molar-refractivity contribution in [3.05, 3.63) is 59.4 Å². The van der Waals surface area contributed by atoms with Crippen molar-refractivity contribution in [3.63, 3.8) is 0 Å². The Kier molecular flexibility index (Phi) is 3.93. The second kappa shape index (κ2) is 5.82. The number of pyridine rings is 1. The molecule has 19 heavy (non-hydrogen) atoms. The maximum Gasteiger partial charge on any atom is 0.342 e. The molecule has 0 amide bonds. The van der Waals surface area contributed by atoms with E-state index in [1.807, 2.05) is 18.2 Å². The van der Waals surface area contributed by atoms with Crippen LogP contribution in [0.1, 0.15) is 21.6 Å². The number of rotatable bonds is 3. The normalized spacial score (nSPS) is 10.6. The van der Waals surface area contributed by atoms with Crippen molar-refractivity contribution in [1.29, 1.82) is 0 Å². The summed E-state index contributed by atoms with van der Waals surface area (Å²) in [4.78, 5) is 15.8. The van der Waals surface area contributed by atoms with Crippen LogP contribution in [-0.4, -0.2) is 23.2 Å². The minimum absolute atomic E-state index is 0.102. The third-order valence-electron chi connectivity index (χ3n) is 2.59. The SMILES string of the molecule is COC(=O)c1c(O)cccc1/C=C/c1ccccn1. The highest BCUT2D eigenvalue weighted by Gasteiger charge is 2.14. The van der Waals surface area contributed by atoms with Crippen LogP contribution >= 0.6 is 0 Å². The third kappa shape index (κ3) is 2.98. The minimum atomic E-state index is -0.571. The highest BCUT2D eigenvalue weighted by Crippen LogP contribution is 2.23. The number of hydrogen-bond donors (Lipinski definition) is 1. The summed E-state index contributed by atoms with van der Waals surface area (Å²) in [6.07, 6.45) is 5.17. The van der Waals surface area contributed by atoms with Crippen molar-refractivity contribution < 1.29 is 14.6 Å². The number of phenolic OH excluding ortho intramolecular Hbond substituents is 1. The molecular formula is C15H13NO3. The predicted molar refractivity (Wildman–Crippen MR) is 72.6 cm³/mol. The van der Waals surface area contributed by atoms with Crippen molar-refractivity contribution in [1.82, 2.24) is 4.98 Å². The van der Waals surface area contributed by atoms with Crippen molar-refractivity contribution in [2.45, 2.75) is 0 Å². The smallest absolute Gasteiger partial charge is 0.342 e. The van der Waals surface area contributed by atoms with Gasteiger partial charge in [0.15, 0.2) is 0 Å². The van der Waals surface area contributed by atoms with Gasteiger partial charge in [0.1, 0.15) is 11.3 Å². The highest BCUT2D eigenvalue weighted by atomic mass is 16.5. The van der Waals surface area contributed by atoms with Gasteiger partial charge in [0.05, 0.1) is 12.8 Å². The van der Waals surface area contributed by atoms with Crippen LogP contribution in [0.2, 0.25) is 0 Å². The lowest BCUT2D eigenvalue weighted by molar-refractivity contribution is 0.0597. The minimum Gasteiger partial charge on any atom is -0.507 e. The Morgan fingerprint density at radius 1 is 1.21 bits per heavy atom. The van der Waals surface area contributed by atoms with Gasteiger partial charge in [-0.3, -0.25) is 4.98 Å². The summed E-state index contributed by atoms with van der Waals surface area (Å²) in [5.74, 6) is -0.672. The van der Waals surface area contributed by atoms with Gasteiger partial charge in [-0.05, 0) is 29.8 Å². The number of carbonyl (C=O) groups excluding carboxylic acids is 1. The second-order valence-electron chi connectivity index (χ2n) is 3.82. The summed E-state index contributed by atoms with van der Waals surface area (Å²) >= 11 is 0. The van der Waals surface area contributed by atoms with Gasteiger partial charge in [-0.1, -0.05) is 24.3 Å². The molecule has 1 heterocycles. The van der Waals surface area contributed by atoms with E-state index in [1.165, 1.54) is 13.2 Å². The van der Waals surface area contributed by atoms with Crippen LogP contribution in [0.25, 0.3) is 12.2 Å². The molecule has 0 radical (unpaired) electrons. The Balaban J connectivity index is 2.38. The van der Waals surface area contributed by atoms with Gasteiger partial charge in [-0.15, -0.1) is 0 Å². The number of hydrogen-bond acceptors (Lipinski definition) is 4. The molecule has 2 rings (SSSR count). The lowest BCUT2D eigenvalue weighted by Crippen LogP contribution is -2.03. The summed E-state index contributed by atoms with van der Waals surface area (Å²) in [6, 6.07) is 10.4. The standard InChI is InChI=1S/C15H13NO3/c1-19-15(18)14-11(5-4-7-13(14)17)8-9-12-6-2-3-10-16-12/h2-10,17H,1H3/b9-8+. The first kappa shape index (κ1) is 12.8. The Hall–Kier alpha value is -2.62. The topological polar surface area (TPSA) is 59.4 Å². The molecule has 0 aliphatic carbocycles. The van der Waals surface area contributed by atoms with Crippen LogP contribution in [-0.2, 0) is 4.74 Å². The number of phenols is 1. The molecular weight excluding hydrogens is 242 g/mol. The number of ether oxygens (including phenoxy) is 1. The van der Waals surface area contributed by atoms with Crippen molar-refractivity contribution in [3.8, 4) is 5.75 Å². The second-order valence-corrected chi connectivity index (χ2v) is 3.82. The number of benzene rings is 1. The zero-order chi connectivity index (χ0) is 13.7. The molecule has 0 spiro atoms. The van der Waals surface area contributed by atoms with E-state index >= 15 is 0 Å². The average Bonchev–Trinajstić information content (AvgIpc) is 2.45. The van der Waals surface area contributed by atoms with Crippen LogP contribution in [0.5, 0.6) is 5.75 Å². The number of nitrogens with zero attached hydrogens (tertiary/aromatic N) is 1. The number of esters is 1. The summed E-state index contributed by atoms with van der Waals surface area (Å²) in [7, 11) is 1.28. The van der Waals surface area contributed by atoms with Gasteiger partial charge in [0, 0.05) is 6.20 Å². The van der Waals surface area contributed by atoms with Gasteiger partial charge in [-0.2, -0.15) is 0 Å². The molecule has 0 aliphatic rings. The molecule has 1 aromatic heterocycles. The van der Waals surface area contributed by atoms with Crippen molar-refractivity contribution in [2.75, 3.05) is 7.11 Å². The van der Waals surface area contributed by atoms with Crippen LogP contribution in [0.4, 0.5) is 0 Å². The summed E-state index contributed by atoms with van der Waals surface area (Å²) < 4.78 is 4.66. The van der Waals surface area contributed by atoms with E-state index < -0.39 is 5.97 Å². The van der Waals surface area contributed by atoms with E-state index in [2.05, 4.69) is 9.72 Å². The molecule has 4 heteroatoms. The number of aromatic nitrogens is 1. The monoisotopic (exact) mass is 255 g/mol. The van der Waals surface area contributed by atoms with Crippen LogP contribution in [0, 0.1) is 0 Å². The maximum absolute atomic E-state index is 11.6. The quantitative estimate of drug-likeness (QED) is 0.857. The summed E-state index contributed by atoms with van der Waals surface area (Å²) in [5.41, 5.74) is 1.50. The largest absolute Gasteiger partial charge is 0.507 e. The molecule has 0 aliphatic heterocycles. The molecule has 0 saturated heterocycles. The molecule has 4 nitrogen and oxygen atoms in total. The predicted octanol–water partition coefficient (Wildman–Crippen LogP) is 2.74. The van der Waals surface area contributed by atoms with Gasteiger partial charge in [0.2, 0.25) is 0 Å². The van der Waals surface area contributed by atoms with E-state index in [9.17, 15) is 9.90 Å². The van der Waals surface area contributed by atoms with E-state index in [-0.39, 0.29) is 11.3 Å². The zero-order valence-electron chi connectivity index (χ0n) is 10.4. The van der Waals surface area contributed by atoms with E-state index in [0.29, 0.717) is 5.56 Å².